The van der Waals surface area contributed by atoms with Gasteiger partial charge in [0.1, 0.15) is 11.4 Å². The zero-order valence-corrected chi connectivity index (χ0v) is 10.6. The van der Waals surface area contributed by atoms with E-state index in [4.69, 9.17) is 9.84 Å². The molecule has 2 aromatic rings. The fourth-order valence-electron chi connectivity index (χ4n) is 1.62. The lowest BCUT2D eigenvalue weighted by Crippen LogP contribution is -1.99. The van der Waals surface area contributed by atoms with Gasteiger partial charge in [-0.05, 0) is 30.7 Å². The number of ether oxygens (including phenoxy) is 1. The van der Waals surface area contributed by atoms with Crippen LogP contribution in [0.15, 0.2) is 24.3 Å². The van der Waals surface area contributed by atoms with Crippen LogP contribution in [-0.4, -0.2) is 33.1 Å². The van der Waals surface area contributed by atoms with Crippen LogP contribution in [0, 0.1) is 0 Å². The largest absolute Gasteiger partial charge is 0.494 e. The van der Waals surface area contributed by atoms with Gasteiger partial charge in [0.25, 0.3) is 0 Å². The predicted molar refractivity (Wildman–Crippen MR) is 69.2 cm³/mol. The summed E-state index contributed by atoms with van der Waals surface area (Å²) < 4.78 is 5.54. The molecule has 0 aliphatic rings. The van der Waals surface area contributed by atoms with Gasteiger partial charge in [-0.15, -0.1) is 5.10 Å². The first-order valence-corrected chi connectivity index (χ1v) is 6.09. The number of nitrogens with zero attached hydrogens (tertiary/aromatic N) is 2. The molecule has 1 aromatic heterocycles. The van der Waals surface area contributed by atoms with Gasteiger partial charge in [0.05, 0.1) is 6.61 Å². The Bertz CT molecular complexity index is 549. The number of aromatic carboxylic acids is 1. The average Bonchev–Trinajstić information content (AvgIpc) is 2.89. The Morgan fingerprint density at radius 2 is 2.05 bits per heavy atom. The third-order valence-electron chi connectivity index (χ3n) is 2.64. The van der Waals surface area contributed by atoms with E-state index in [0.29, 0.717) is 17.9 Å². The number of H-pyrrole nitrogens is 1. The summed E-state index contributed by atoms with van der Waals surface area (Å²) in [6.07, 6.45) is 2.09. The van der Waals surface area contributed by atoms with Crippen LogP contribution in [-0.2, 0) is 0 Å². The van der Waals surface area contributed by atoms with Crippen LogP contribution >= 0.6 is 0 Å². The molecule has 0 fully saturated rings. The van der Waals surface area contributed by atoms with Crippen molar-refractivity contribution in [3.8, 4) is 17.0 Å². The van der Waals surface area contributed by atoms with Gasteiger partial charge in [0, 0.05) is 5.56 Å². The Morgan fingerprint density at radius 1 is 1.32 bits per heavy atom. The molecule has 19 heavy (non-hydrogen) atoms. The molecule has 6 nitrogen and oxygen atoms in total. The van der Waals surface area contributed by atoms with Crippen LogP contribution in [0.2, 0.25) is 0 Å². The number of unbranched alkanes of at least 4 members (excludes halogenated alkanes) is 1. The maximum absolute atomic E-state index is 11.0. The number of aromatic amines is 1. The van der Waals surface area contributed by atoms with Crippen molar-refractivity contribution in [2.75, 3.05) is 6.61 Å². The van der Waals surface area contributed by atoms with Crippen molar-refractivity contribution in [2.24, 2.45) is 0 Å². The first kappa shape index (κ1) is 13.1. The summed E-state index contributed by atoms with van der Waals surface area (Å²) in [5.74, 6) is -0.343. The molecule has 0 spiro atoms. The lowest BCUT2D eigenvalue weighted by molar-refractivity contribution is 0.0691. The number of benzene rings is 1. The zero-order chi connectivity index (χ0) is 13.7. The van der Waals surface area contributed by atoms with Crippen molar-refractivity contribution >= 4 is 5.97 Å². The zero-order valence-electron chi connectivity index (χ0n) is 10.6. The van der Waals surface area contributed by atoms with Gasteiger partial charge in [-0.2, -0.15) is 10.3 Å². The van der Waals surface area contributed by atoms with Crippen molar-refractivity contribution in [3.05, 3.63) is 30.0 Å². The van der Waals surface area contributed by atoms with E-state index in [-0.39, 0.29) is 5.69 Å². The summed E-state index contributed by atoms with van der Waals surface area (Å²) in [6.45, 7) is 2.78. The first-order valence-electron chi connectivity index (χ1n) is 6.09. The fraction of sp³-hybridized carbons (Fsp3) is 0.308. The molecule has 0 amide bonds. The topological polar surface area (TPSA) is 88.1 Å². The van der Waals surface area contributed by atoms with Gasteiger partial charge in [-0.25, -0.2) is 4.79 Å². The molecular weight excluding hydrogens is 246 g/mol. The molecule has 1 aromatic carbocycles. The summed E-state index contributed by atoms with van der Waals surface area (Å²) in [5.41, 5.74) is 0.932. The number of hydrogen-bond acceptors (Lipinski definition) is 4. The second kappa shape index (κ2) is 5.99. The Balaban J connectivity index is 2.13. The second-order valence-electron chi connectivity index (χ2n) is 4.05. The quantitative estimate of drug-likeness (QED) is 0.779. The SMILES string of the molecule is CCCCOc1ccc(-c2n[nH]nc2C(=O)O)cc1. The van der Waals surface area contributed by atoms with E-state index < -0.39 is 5.97 Å². The third-order valence-corrected chi connectivity index (χ3v) is 2.64. The molecule has 1 heterocycles. The summed E-state index contributed by atoms with van der Waals surface area (Å²) in [4.78, 5) is 11.0. The normalized spacial score (nSPS) is 10.4. The van der Waals surface area contributed by atoms with Gasteiger partial charge in [-0.3, -0.25) is 0 Å². The smallest absolute Gasteiger partial charge is 0.358 e. The first-order chi connectivity index (χ1) is 9.22. The average molecular weight is 261 g/mol. The molecule has 0 unspecified atom stereocenters. The van der Waals surface area contributed by atoms with Crippen molar-refractivity contribution in [3.63, 3.8) is 0 Å². The summed E-state index contributed by atoms with van der Waals surface area (Å²) in [7, 11) is 0. The Hall–Kier alpha value is -2.37. The molecule has 0 aliphatic carbocycles. The molecular formula is C13H15N3O3. The summed E-state index contributed by atoms with van der Waals surface area (Å²) in [6, 6.07) is 7.13. The molecule has 6 heteroatoms. The van der Waals surface area contributed by atoms with E-state index in [9.17, 15) is 4.79 Å². The number of hydrogen-bond donors (Lipinski definition) is 2. The molecule has 0 radical (unpaired) electrons. The van der Waals surface area contributed by atoms with Gasteiger partial charge in [0.15, 0.2) is 5.69 Å². The van der Waals surface area contributed by atoms with E-state index in [1.54, 1.807) is 24.3 Å². The van der Waals surface area contributed by atoms with Gasteiger partial charge >= 0.3 is 5.97 Å². The predicted octanol–water partition coefficient (Wildman–Crippen LogP) is 2.35. The van der Waals surface area contributed by atoms with E-state index in [1.807, 2.05) is 0 Å². The summed E-state index contributed by atoms with van der Waals surface area (Å²) in [5, 5.41) is 18.8. The van der Waals surface area contributed by atoms with Crippen LogP contribution in [0.4, 0.5) is 0 Å². The van der Waals surface area contributed by atoms with Crippen molar-refractivity contribution < 1.29 is 14.6 Å². The molecule has 2 N–H and O–H groups in total. The highest BCUT2D eigenvalue weighted by atomic mass is 16.5. The highest BCUT2D eigenvalue weighted by molar-refractivity contribution is 5.92. The molecule has 0 saturated heterocycles. The van der Waals surface area contributed by atoms with E-state index in [2.05, 4.69) is 22.3 Å². The summed E-state index contributed by atoms with van der Waals surface area (Å²) >= 11 is 0. The number of carbonyl (C=O) groups is 1. The van der Waals surface area contributed by atoms with E-state index in [0.717, 1.165) is 18.6 Å². The van der Waals surface area contributed by atoms with Crippen LogP contribution in [0.1, 0.15) is 30.3 Å². The fourth-order valence-corrected chi connectivity index (χ4v) is 1.62. The lowest BCUT2D eigenvalue weighted by Gasteiger charge is -2.05. The van der Waals surface area contributed by atoms with Gasteiger partial charge in [-0.1, -0.05) is 13.3 Å². The Kier molecular flexibility index (Phi) is 4.12. The minimum atomic E-state index is -1.10. The van der Waals surface area contributed by atoms with Crippen molar-refractivity contribution in [1.29, 1.82) is 0 Å². The number of carboxylic acids is 1. The number of aromatic nitrogens is 3. The molecule has 2 rings (SSSR count). The molecule has 0 atom stereocenters. The molecule has 0 saturated carbocycles. The standard InChI is InChI=1S/C13H15N3O3/c1-2-3-8-19-10-6-4-9(5-7-10)11-12(13(17)18)15-16-14-11/h4-7H,2-3,8H2,1H3,(H,17,18)(H,14,15,16). The highest BCUT2D eigenvalue weighted by Crippen LogP contribution is 2.22. The van der Waals surface area contributed by atoms with Crippen molar-refractivity contribution in [1.82, 2.24) is 15.4 Å². The van der Waals surface area contributed by atoms with Crippen LogP contribution < -0.4 is 4.74 Å². The second-order valence-corrected chi connectivity index (χ2v) is 4.05. The Morgan fingerprint density at radius 3 is 2.68 bits per heavy atom. The van der Waals surface area contributed by atoms with E-state index in [1.165, 1.54) is 0 Å². The van der Waals surface area contributed by atoms with Crippen molar-refractivity contribution in [2.45, 2.75) is 19.8 Å². The maximum atomic E-state index is 11.0. The maximum Gasteiger partial charge on any atom is 0.358 e. The Labute approximate surface area is 110 Å². The number of nitrogens with one attached hydrogen (secondary N) is 1. The minimum Gasteiger partial charge on any atom is -0.494 e. The van der Waals surface area contributed by atoms with Crippen LogP contribution in [0.3, 0.4) is 0 Å². The lowest BCUT2D eigenvalue weighted by atomic mass is 10.1. The molecule has 0 bridgehead atoms. The third kappa shape index (κ3) is 3.09. The molecule has 100 valence electrons. The van der Waals surface area contributed by atoms with E-state index >= 15 is 0 Å². The van der Waals surface area contributed by atoms with Crippen LogP contribution in [0.25, 0.3) is 11.3 Å². The van der Waals surface area contributed by atoms with Gasteiger partial charge < -0.3 is 9.84 Å². The number of rotatable bonds is 6. The minimum absolute atomic E-state index is 0.0837. The van der Waals surface area contributed by atoms with Crippen LogP contribution in [0.5, 0.6) is 5.75 Å². The van der Waals surface area contributed by atoms with Gasteiger partial charge in [0.2, 0.25) is 0 Å². The highest BCUT2D eigenvalue weighted by Gasteiger charge is 2.16. The molecule has 0 aliphatic heterocycles. The monoisotopic (exact) mass is 261 g/mol. The number of carboxylic acid groups (broad SMARTS) is 1.